The van der Waals surface area contributed by atoms with Crippen molar-refractivity contribution in [2.45, 2.75) is 19.8 Å². The van der Waals surface area contributed by atoms with E-state index in [0.717, 1.165) is 11.3 Å². The largest absolute Gasteiger partial charge is 0.364 e. The van der Waals surface area contributed by atoms with E-state index < -0.39 is 0 Å². The zero-order valence-corrected chi connectivity index (χ0v) is 9.08. The summed E-state index contributed by atoms with van der Waals surface area (Å²) in [6.07, 6.45) is 7.25. The first-order chi connectivity index (χ1) is 7.06. The number of carbonyl (C=O) groups is 1. The molecule has 1 unspecified atom stereocenters. The molecule has 78 valence electrons. The second-order valence-corrected chi connectivity index (χ2v) is 4.54. The van der Waals surface area contributed by atoms with E-state index in [-0.39, 0.29) is 17.1 Å². The van der Waals surface area contributed by atoms with Gasteiger partial charge in [-0.25, -0.2) is 0 Å². The Hall–Kier alpha value is -1.57. The predicted molar refractivity (Wildman–Crippen MR) is 61.6 cm³/mol. The molecule has 0 saturated carbocycles. The molecule has 0 saturated heterocycles. The van der Waals surface area contributed by atoms with Crippen LogP contribution in [0, 0.1) is 5.41 Å². The number of fused-ring (bicyclic) bond motifs is 1. The third-order valence-electron chi connectivity index (χ3n) is 3.08. The molecule has 1 atom stereocenters. The van der Waals surface area contributed by atoms with Gasteiger partial charge in [-0.1, -0.05) is 19.9 Å². The summed E-state index contributed by atoms with van der Waals surface area (Å²) in [6, 6.07) is 1.99. The highest BCUT2D eigenvalue weighted by molar-refractivity contribution is 6.02. The number of aromatic amines is 1. The maximum atomic E-state index is 11.9. The van der Waals surface area contributed by atoms with Gasteiger partial charge in [-0.3, -0.25) is 4.79 Å². The van der Waals surface area contributed by atoms with E-state index in [4.69, 9.17) is 0 Å². The summed E-state index contributed by atoms with van der Waals surface area (Å²) in [4.78, 5) is 15.1. The molecule has 0 amide bonds. The molecule has 1 aliphatic carbocycles. The zero-order valence-electron chi connectivity index (χ0n) is 9.08. The summed E-state index contributed by atoms with van der Waals surface area (Å²) in [5.74, 6) is 0.0137. The van der Waals surface area contributed by atoms with Crippen LogP contribution < -0.4 is 0 Å². The molecule has 1 aromatic heterocycles. The molecule has 1 N–H and O–H groups in total. The SMILES string of the molecule is C=CC(C)(C)C1C(=O)C=Cc2cc[nH]c21. The molecule has 2 rings (SSSR count). The lowest BCUT2D eigenvalue weighted by Gasteiger charge is -2.31. The number of hydrogen-bond donors (Lipinski definition) is 1. The molecule has 0 bridgehead atoms. The van der Waals surface area contributed by atoms with Gasteiger partial charge in [-0.05, 0) is 29.2 Å². The van der Waals surface area contributed by atoms with E-state index in [9.17, 15) is 4.79 Å². The number of nitrogens with one attached hydrogen (secondary N) is 1. The highest BCUT2D eigenvalue weighted by Gasteiger charge is 2.36. The van der Waals surface area contributed by atoms with Crippen LogP contribution in [0.1, 0.15) is 31.0 Å². The van der Waals surface area contributed by atoms with E-state index in [1.807, 2.05) is 38.3 Å². The van der Waals surface area contributed by atoms with Gasteiger partial charge >= 0.3 is 0 Å². The first-order valence-electron chi connectivity index (χ1n) is 5.09. The Bertz CT molecular complexity index is 437. The fourth-order valence-electron chi connectivity index (χ4n) is 2.06. The quantitative estimate of drug-likeness (QED) is 0.733. The minimum absolute atomic E-state index is 0.134. The van der Waals surface area contributed by atoms with Gasteiger partial charge in [0, 0.05) is 11.9 Å². The highest BCUT2D eigenvalue weighted by Crippen LogP contribution is 2.40. The van der Waals surface area contributed by atoms with Crippen LogP contribution in [0.15, 0.2) is 31.0 Å². The van der Waals surface area contributed by atoms with Crippen LogP contribution in [0.4, 0.5) is 0 Å². The van der Waals surface area contributed by atoms with Crippen molar-refractivity contribution in [3.05, 3.63) is 42.3 Å². The molecule has 2 nitrogen and oxygen atoms in total. The predicted octanol–water partition coefficient (Wildman–Crippen LogP) is 2.91. The van der Waals surface area contributed by atoms with Gasteiger partial charge in [0.25, 0.3) is 0 Å². The smallest absolute Gasteiger partial charge is 0.165 e. The Labute approximate surface area is 89.7 Å². The molecule has 0 radical (unpaired) electrons. The number of hydrogen-bond acceptors (Lipinski definition) is 1. The molecular formula is C13H15NO. The maximum Gasteiger partial charge on any atom is 0.165 e. The molecule has 1 heterocycles. The van der Waals surface area contributed by atoms with Crippen molar-refractivity contribution in [3.63, 3.8) is 0 Å². The number of carbonyl (C=O) groups excluding carboxylic acids is 1. The van der Waals surface area contributed by atoms with E-state index in [2.05, 4.69) is 11.6 Å². The average molecular weight is 201 g/mol. The Kier molecular flexibility index (Phi) is 2.14. The first-order valence-corrected chi connectivity index (χ1v) is 5.09. The van der Waals surface area contributed by atoms with Gasteiger partial charge in [0.05, 0.1) is 5.92 Å². The van der Waals surface area contributed by atoms with Crippen molar-refractivity contribution < 1.29 is 4.79 Å². The molecule has 0 aromatic carbocycles. The molecule has 1 aromatic rings. The van der Waals surface area contributed by atoms with Crippen molar-refractivity contribution >= 4 is 11.9 Å². The van der Waals surface area contributed by atoms with Crippen LogP contribution in [0.2, 0.25) is 0 Å². The van der Waals surface area contributed by atoms with Crippen molar-refractivity contribution in [1.82, 2.24) is 4.98 Å². The lowest BCUT2D eigenvalue weighted by atomic mass is 9.72. The van der Waals surface area contributed by atoms with Crippen LogP contribution >= 0.6 is 0 Å². The van der Waals surface area contributed by atoms with Crippen molar-refractivity contribution in [2.75, 3.05) is 0 Å². The molecular weight excluding hydrogens is 186 g/mol. The average Bonchev–Trinajstić information content (AvgIpc) is 2.64. The third-order valence-corrected chi connectivity index (χ3v) is 3.08. The molecule has 1 aliphatic rings. The van der Waals surface area contributed by atoms with Gasteiger partial charge in [-0.2, -0.15) is 0 Å². The van der Waals surface area contributed by atoms with Gasteiger partial charge < -0.3 is 4.98 Å². The minimum Gasteiger partial charge on any atom is -0.364 e. The molecule has 15 heavy (non-hydrogen) atoms. The fourth-order valence-corrected chi connectivity index (χ4v) is 2.06. The monoisotopic (exact) mass is 201 g/mol. The summed E-state index contributed by atoms with van der Waals surface area (Å²) in [7, 11) is 0. The Morgan fingerprint density at radius 3 is 2.87 bits per heavy atom. The van der Waals surface area contributed by atoms with Crippen LogP contribution in [-0.4, -0.2) is 10.8 Å². The van der Waals surface area contributed by atoms with Gasteiger partial charge in [0.1, 0.15) is 0 Å². The van der Waals surface area contributed by atoms with E-state index in [1.165, 1.54) is 0 Å². The lowest BCUT2D eigenvalue weighted by molar-refractivity contribution is -0.117. The summed E-state index contributed by atoms with van der Waals surface area (Å²) in [5, 5.41) is 0. The zero-order chi connectivity index (χ0) is 11.1. The molecule has 0 fully saturated rings. The summed E-state index contributed by atoms with van der Waals surface area (Å²) < 4.78 is 0. The number of allylic oxidation sites excluding steroid dienone is 2. The molecule has 0 aliphatic heterocycles. The number of rotatable bonds is 2. The summed E-state index contributed by atoms with van der Waals surface area (Å²) in [5.41, 5.74) is 1.89. The van der Waals surface area contributed by atoms with Gasteiger partial charge in [0.2, 0.25) is 0 Å². The second kappa shape index (κ2) is 3.23. The standard InChI is InChI=1S/C13H15NO/c1-4-13(2,3)11-10(15)6-5-9-7-8-14-12(9)11/h4-8,11,14H,1H2,2-3H3. The summed E-state index contributed by atoms with van der Waals surface area (Å²) >= 11 is 0. The van der Waals surface area contributed by atoms with Gasteiger partial charge in [-0.15, -0.1) is 6.58 Å². The van der Waals surface area contributed by atoms with Crippen molar-refractivity contribution in [3.8, 4) is 0 Å². The van der Waals surface area contributed by atoms with Gasteiger partial charge in [0.15, 0.2) is 5.78 Å². The van der Waals surface area contributed by atoms with E-state index in [0.29, 0.717) is 0 Å². The van der Waals surface area contributed by atoms with Crippen LogP contribution in [-0.2, 0) is 4.79 Å². The maximum absolute atomic E-state index is 11.9. The van der Waals surface area contributed by atoms with E-state index >= 15 is 0 Å². The van der Waals surface area contributed by atoms with E-state index in [1.54, 1.807) is 6.08 Å². The number of H-pyrrole nitrogens is 1. The molecule has 2 heteroatoms. The van der Waals surface area contributed by atoms with Crippen LogP contribution in [0.5, 0.6) is 0 Å². The number of ketones is 1. The lowest BCUT2D eigenvalue weighted by Crippen LogP contribution is -2.28. The first kappa shape index (κ1) is 9.97. The van der Waals surface area contributed by atoms with Crippen molar-refractivity contribution in [2.24, 2.45) is 5.41 Å². The van der Waals surface area contributed by atoms with Crippen LogP contribution in [0.3, 0.4) is 0 Å². The Morgan fingerprint density at radius 2 is 2.20 bits per heavy atom. The van der Waals surface area contributed by atoms with Crippen LogP contribution in [0.25, 0.3) is 6.08 Å². The second-order valence-electron chi connectivity index (χ2n) is 4.54. The highest BCUT2D eigenvalue weighted by atomic mass is 16.1. The Morgan fingerprint density at radius 1 is 1.47 bits per heavy atom. The third kappa shape index (κ3) is 1.46. The minimum atomic E-state index is -0.221. The fraction of sp³-hybridized carbons (Fsp3) is 0.308. The van der Waals surface area contributed by atoms with Crippen molar-refractivity contribution in [1.29, 1.82) is 0 Å². The topological polar surface area (TPSA) is 32.9 Å². The number of aromatic nitrogens is 1. The summed E-state index contributed by atoms with van der Waals surface area (Å²) in [6.45, 7) is 7.88. The Balaban J connectivity index is 2.53. The molecule has 0 spiro atoms. The normalized spacial score (nSPS) is 20.1.